The largest absolute Gasteiger partial charge is 0.357 e. The fourth-order valence-electron chi connectivity index (χ4n) is 2.75. The number of rotatable bonds is 6. The summed E-state index contributed by atoms with van der Waals surface area (Å²) < 4.78 is 0.856. The van der Waals surface area contributed by atoms with E-state index in [9.17, 15) is 4.79 Å². The molecular formula is C18H20N4OS2. The summed E-state index contributed by atoms with van der Waals surface area (Å²) in [4.78, 5) is 14.3. The van der Waals surface area contributed by atoms with Crippen LogP contribution < -0.4 is 5.32 Å². The Kier molecular flexibility index (Phi) is 5.03. The summed E-state index contributed by atoms with van der Waals surface area (Å²) in [6.45, 7) is 1.47. The predicted molar refractivity (Wildman–Crippen MR) is 103 cm³/mol. The Morgan fingerprint density at radius 3 is 2.84 bits per heavy atom. The van der Waals surface area contributed by atoms with Crippen LogP contribution in [-0.2, 0) is 4.79 Å². The predicted octanol–water partition coefficient (Wildman–Crippen LogP) is 3.52. The van der Waals surface area contributed by atoms with Gasteiger partial charge in [0.15, 0.2) is 4.34 Å². The Morgan fingerprint density at radius 2 is 2.12 bits per heavy atom. The Hall–Kier alpha value is -1.86. The summed E-state index contributed by atoms with van der Waals surface area (Å²) in [5.74, 6) is 0.590. The second-order valence-corrected chi connectivity index (χ2v) is 8.47. The summed E-state index contributed by atoms with van der Waals surface area (Å²) in [5.41, 5.74) is 2.59. The van der Waals surface area contributed by atoms with Gasteiger partial charge in [-0.15, -0.1) is 10.2 Å². The van der Waals surface area contributed by atoms with Crippen LogP contribution in [0.2, 0.25) is 0 Å². The quantitative estimate of drug-likeness (QED) is 0.786. The molecule has 0 radical (unpaired) electrons. The van der Waals surface area contributed by atoms with Crippen molar-refractivity contribution in [2.75, 3.05) is 24.2 Å². The van der Waals surface area contributed by atoms with Gasteiger partial charge in [-0.05, 0) is 30.4 Å². The Morgan fingerprint density at radius 1 is 1.28 bits per heavy atom. The molecule has 2 heterocycles. The Balaban J connectivity index is 1.27. The van der Waals surface area contributed by atoms with E-state index >= 15 is 0 Å². The maximum absolute atomic E-state index is 12.4. The van der Waals surface area contributed by atoms with E-state index in [1.165, 1.54) is 47.1 Å². The first kappa shape index (κ1) is 16.6. The first-order chi connectivity index (χ1) is 12.3. The van der Waals surface area contributed by atoms with E-state index < -0.39 is 0 Å². The van der Waals surface area contributed by atoms with Crippen molar-refractivity contribution in [1.29, 1.82) is 0 Å². The minimum Gasteiger partial charge on any atom is -0.357 e. The summed E-state index contributed by atoms with van der Waals surface area (Å²) >= 11 is 3.02. The van der Waals surface area contributed by atoms with Gasteiger partial charge in [0.05, 0.1) is 5.75 Å². The molecule has 1 amide bonds. The standard InChI is InChI=1S/C18H20N4OS2/c23-16(12-24-18-21-20-17(25-18)19-15-6-7-15)22-10-8-14(9-11-22)13-4-2-1-3-5-13/h1-5,8,15H,6-7,9-12H2,(H,19,20). The molecule has 2 aromatic rings. The van der Waals surface area contributed by atoms with E-state index in [0.717, 1.165) is 22.4 Å². The molecule has 1 aromatic carbocycles. The SMILES string of the molecule is O=C(CSc1nnc(NC2CC2)s1)N1CC=C(c2ccccc2)CC1. The Labute approximate surface area is 155 Å². The maximum atomic E-state index is 12.4. The fourth-order valence-corrected chi connectivity index (χ4v) is 4.49. The zero-order chi connectivity index (χ0) is 17.1. The molecule has 7 heteroatoms. The molecule has 0 unspecified atom stereocenters. The summed E-state index contributed by atoms with van der Waals surface area (Å²) in [6, 6.07) is 11.0. The number of amides is 1. The van der Waals surface area contributed by atoms with Crippen LogP contribution >= 0.6 is 23.1 Å². The van der Waals surface area contributed by atoms with Crippen molar-refractivity contribution in [3.05, 3.63) is 42.0 Å². The van der Waals surface area contributed by atoms with Crippen molar-refractivity contribution >= 4 is 39.7 Å². The lowest BCUT2D eigenvalue weighted by molar-refractivity contribution is -0.127. The zero-order valence-corrected chi connectivity index (χ0v) is 15.5. The first-order valence-corrected chi connectivity index (χ1v) is 10.3. The molecule has 1 aromatic heterocycles. The number of anilines is 1. The third-order valence-electron chi connectivity index (χ3n) is 4.34. The lowest BCUT2D eigenvalue weighted by Crippen LogP contribution is -2.35. The average molecular weight is 373 g/mol. The molecule has 2 aliphatic rings. The number of benzene rings is 1. The third kappa shape index (κ3) is 4.41. The van der Waals surface area contributed by atoms with Crippen LogP contribution in [0.15, 0.2) is 40.7 Å². The molecule has 4 rings (SSSR count). The average Bonchev–Trinajstić information content (AvgIpc) is 3.37. The van der Waals surface area contributed by atoms with E-state index in [-0.39, 0.29) is 5.91 Å². The molecule has 25 heavy (non-hydrogen) atoms. The van der Waals surface area contributed by atoms with Crippen LogP contribution in [0.3, 0.4) is 0 Å². The summed E-state index contributed by atoms with van der Waals surface area (Å²) in [6.07, 6.45) is 5.51. The molecule has 0 atom stereocenters. The van der Waals surface area contributed by atoms with Crippen LogP contribution in [0.1, 0.15) is 24.8 Å². The van der Waals surface area contributed by atoms with Crippen LogP contribution in [0, 0.1) is 0 Å². The van der Waals surface area contributed by atoms with Crippen molar-refractivity contribution in [2.45, 2.75) is 29.6 Å². The van der Waals surface area contributed by atoms with Crippen molar-refractivity contribution in [3.63, 3.8) is 0 Å². The van der Waals surface area contributed by atoms with Gasteiger partial charge in [-0.3, -0.25) is 4.79 Å². The lowest BCUT2D eigenvalue weighted by Gasteiger charge is -2.26. The van der Waals surface area contributed by atoms with Gasteiger partial charge in [-0.25, -0.2) is 0 Å². The molecule has 1 saturated carbocycles. The molecule has 0 saturated heterocycles. The highest BCUT2D eigenvalue weighted by Gasteiger charge is 2.23. The molecule has 130 valence electrons. The van der Waals surface area contributed by atoms with Gasteiger partial charge >= 0.3 is 0 Å². The van der Waals surface area contributed by atoms with Gasteiger partial charge in [0.25, 0.3) is 0 Å². The molecule has 5 nitrogen and oxygen atoms in total. The van der Waals surface area contributed by atoms with Gasteiger partial charge < -0.3 is 10.2 Å². The van der Waals surface area contributed by atoms with Gasteiger partial charge in [-0.2, -0.15) is 0 Å². The normalized spacial score (nSPS) is 17.3. The number of carbonyl (C=O) groups excluding carboxylic acids is 1. The van der Waals surface area contributed by atoms with E-state index in [4.69, 9.17) is 0 Å². The van der Waals surface area contributed by atoms with Crippen LogP contribution in [-0.4, -0.2) is 45.9 Å². The van der Waals surface area contributed by atoms with Crippen molar-refractivity contribution in [2.24, 2.45) is 0 Å². The first-order valence-electron chi connectivity index (χ1n) is 8.53. The number of hydrogen-bond donors (Lipinski definition) is 1. The van der Waals surface area contributed by atoms with E-state index in [1.807, 2.05) is 11.0 Å². The van der Waals surface area contributed by atoms with Gasteiger partial charge in [-0.1, -0.05) is 59.5 Å². The fraction of sp³-hybridized carbons (Fsp3) is 0.389. The third-order valence-corrected chi connectivity index (χ3v) is 6.31. The van der Waals surface area contributed by atoms with Crippen LogP contribution in [0.5, 0.6) is 0 Å². The number of aromatic nitrogens is 2. The highest BCUT2D eigenvalue weighted by atomic mass is 32.2. The van der Waals surface area contributed by atoms with Crippen LogP contribution in [0.25, 0.3) is 5.57 Å². The van der Waals surface area contributed by atoms with Crippen LogP contribution in [0.4, 0.5) is 5.13 Å². The van der Waals surface area contributed by atoms with Gasteiger partial charge in [0.1, 0.15) is 0 Å². The van der Waals surface area contributed by atoms with Crippen molar-refractivity contribution in [3.8, 4) is 0 Å². The molecule has 0 spiro atoms. The van der Waals surface area contributed by atoms with Crippen molar-refractivity contribution < 1.29 is 4.79 Å². The van der Waals surface area contributed by atoms with Gasteiger partial charge in [0.2, 0.25) is 11.0 Å². The molecule has 0 bridgehead atoms. The zero-order valence-electron chi connectivity index (χ0n) is 13.9. The summed E-state index contributed by atoms with van der Waals surface area (Å²) in [5, 5.41) is 12.5. The number of nitrogens with zero attached hydrogens (tertiary/aromatic N) is 3. The maximum Gasteiger partial charge on any atom is 0.233 e. The van der Waals surface area contributed by atoms with Gasteiger partial charge in [0, 0.05) is 19.1 Å². The lowest BCUT2D eigenvalue weighted by atomic mass is 10.00. The topological polar surface area (TPSA) is 58.1 Å². The highest BCUT2D eigenvalue weighted by Crippen LogP contribution is 2.30. The van der Waals surface area contributed by atoms with E-state index in [2.05, 4.69) is 45.9 Å². The minimum atomic E-state index is 0.167. The summed E-state index contributed by atoms with van der Waals surface area (Å²) in [7, 11) is 0. The molecule has 1 fully saturated rings. The molecular weight excluding hydrogens is 352 g/mol. The molecule has 1 aliphatic heterocycles. The number of nitrogens with one attached hydrogen (secondary N) is 1. The minimum absolute atomic E-state index is 0.167. The second-order valence-electron chi connectivity index (χ2n) is 6.27. The molecule has 1 N–H and O–H groups in total. The molecule has 1 aliphatic carbocycles. The second kappa shape index (κ2) is 7.58. The number of carbonyl (C=O) groups is 1. The monoisotopic (exact) mass is 372 g/mol. The number of thioether (sulfide) groups is 1. The van der Waals surface area contributed by atoms with E-state index in [1.54, 1.807) is 0 Å². The number of hydrogen-bond acceptors (Lipinski definition) is 6. The van der Waals surface area contributed by atoms with E-state index in [0.29, 0.717) is 18.3 Å². The Bertz CT molecular complexity index is 770. The highest BCUT2D eigenvalue weighted by molar-refractivity contribution is 8.01. The smallest absolute Gasteiger partial charge is 0.233 e. The van der Waals surface area contributed by atoms with Crippen molar-refractivity contribution in [1.82, 2.24) is 15.1 Å².